The van der Waals surface area contributed by atoms with Crippen LogP contribution in [0, 0.1) is 12.8 Å². The molecule has 3 N–H and O–H groups in total. The minimum atomic E-state index is -0.156. The molecule has 1 aliphatic heterocycles. The Kier molecular flexibility index (Phi) is 4.39. The van der Waals surface area contributed by atoms with Gasteiger partial charge in [-0.05, 0) is 44.5 Å². The summed E-state index contributed by atoms with van der Waals surface area (Å²) in [5.41, 5.74) is 2.20. The van der Waals surface area contributed by atoms with E-state index in [1.54, 1.807) is 19.2 Å². The predicted octanol–water partition coefficient (Wildman–Crippen LogP) is 1.29. The van der Waals surface area contributed by atoms with Crippen LogP contribution in [0.3, 0.4) is 0 Å². The van der Waals surface area contributed by atoms with Gasteiger partial charge in [0.25, 0.3) is 5.91 Å². The van der Waals surface area contributed by atoms with Crippen molar-refractivity contribution in [3.05, 3.63) is 29.3 Å². The lowest BCUT2D eigenvalue weighted by molar-refractivity contribution is -0.120. The van der Waals surface area contributed by atoms with Crippen LogP contribution in [0.2, 0.25) is 0 Å². The Morgan fingerprint density at radius 2 is 2.10 bits per heavy atom. The van der Waals surface area contributed by atoms with Crippen molar-refractivity contribution in [1.82, 2.24) is 10.6 Å². The molecule has 0 saturated carbocycles. The number of carbonyl (C=O) groups is 2. The Labute approximate surface area is 119 Å². The van der Waals surface area contributed by atoms with Gasteiger partial charge >= 0.3 is 0 Å². The maximum absolute atomic E-state index is 12.3. The molecule has 2 atom stereocenters. The standard InChI is InChI=1S/C15H21N3O2/c1-9-4-5-11(14(19)16-3)8-13(9)18-15(20)12-6-7-17-10(12)2/h4-5,8,10,12,17H,6-7H2,1-3H3,(H,16,19)(H,18,20). The van der Waals surface area contributed by atoms with E-state index in [4.69, 9.17) is 0 Å². The van der Waals surface area contributed by atoms with Crippen molar-refractivity contribution in [3.8, 4) is 0 Å². The molecule has 1 saturated heterocycles. The first kappa shape index (κ1) is 14.5. The summed E-state index contributed by atoms with van der Waals surface area (Å²) in [7, 11) is 1.59. The van der Waals surface area contributed by atoms with Gasteiger partial charge < -0.3 is 16.0 Å². The molecule has 0 bridgehead atoms. The van der Waals surface area contributed by atoms with E-state index in [1.165, 1.54) is 0 Å². The molecule has 108 valence electrons. The number of hydrogen-bond donors (Lipinski definition) is 3. The number of aryl methyl sites for hydroxylation is 1. The Morgan fingerprint density at radius 1 is 1.35 bits per heavy atom. The normalized spacial score (nSPS) is 21.6. The topological polar surface area (TPSA) is 70.2 Å². The average molecular weight is 275 g/mol. The molecule has 0 spiro atoms. The first-order valence-electron chi connectivity index (χ1n) is 6.90. The van der Waals surface area contributed by atoms with Gasteiger partial charge in [0.2, 0.25) is 5.91 Å². The molecule has 0 aliphatic carbocycles. The van der Waals surface area contributed by atoms with Crippen molar-refractivity contribution in [2.75, 3.05) is 18.9 Å². The van der Waals surface area contributed by atoms with E-state index >= 15 is 0 Å². The maximum atomic E-state index is 12.3. The second-order valence-electron chi connectivity index (χ2n) is 5.24. The zero-order chi connectivity index (χ0) is 14.7. The van der Waals surface area contributed by atoms with Gasteiger partial charge in [0.15, 0.2) is 0 Å². The van der Waals surface area contributed by atoms with Crippen LogP contribution in [0.5, 0.6) is 0 Å². The molecule has 1 aromatic carbocycles. The van der Waals surface area contributed by atoms with Gasteiger partial charge in [-0.2, -0.15) is 0 Å². The van der Waals surface area contributed by atoms with Crippen LogP contribution in [0.1, 0.15) is 29.3 Å². The molecule has 2 unspecified atom stereocenters. The highest BCUT2D eigenvalue weighted by molar-refractivity contribution is 5.98. The van der Waals surface area contributed by atoms with Crippen molar-refractivity contribution < 1.29 is 9.59 Å². The third kappa shape index (κ3) is 2.99. The number of nitrogens with one attached hydrogen (secondary N) is 3. The second-order valence-corrected chi connectivity index (χ2v) is 5.24. The summed E-state index contributed by atoms with van der Waals surface area (Å²) < 4.78 is 0. The third-order valence-corrected chi connectivity index (χ3v) is 3.85. The van der Waals surface area contributed by atoms with E-state index in [9.17, 15) is 9.59 Å². The highest BCUT2D eigenvalue weighted by Crippen LogP contribution is 2.21. The van der Waals surface area contributed by atoms with Gasteiger partial charge in [-0.3, -0.25) is 9.59 Å². The van der Waals surface area contributed by atoms with Crippen LogP contribution in [-0.4, -0.2) is 31.4 Å². The molecule has 2 rings (SSSR count). The van der Waals surface area contributed by atoms with E-state index in [2.05, 4.69) is 16.0 Å². The fourth-order valence-corrected chi connectivity index (χ4v) is 2.48. The van der Waals surface area contributed by atoms with Crippen LogP contribution in [0.25, 0.3) is 0 Å². The van der Waals surface area contributed by atoms with E-state index in [1.807, 2.05) is 19.9 Å². The molecule has 1 aliphatic rings. The lowest BCUT2D eigenvalue weighted by atomic mass is 10.0. The number of benzene rings is 1. The molecule has 5 heteroatoms. The highest BCUT2D eigenvalue weighted by atomic mass is 16.2. The van der Waals surface area contributed by atoms with Crippen molar-refractivity contribution in [2.45, 2.75) is 26.3 Å². The number of amides is 2. The van der Waals surface area contributed by atoms with Crippen molar-refractivity contribution >= 4 is 17.5 Å². The molecular weight excluding hydrogens is 254 g/mol. The summed E-state index contributed by atoms with van der Waals surface area (Å²) in [5, 5.41) is 8.79. The quantitative estimate of drug-likeness (QED) is 0.778. The Balaban J connectivity index is 2.16. The van der Waals surface area contributed by atoms with Crippen molar-refractivity contribution in [3.63, 3.8) is 0 Å². The van der Waals surface area contributed by atoms with E-state index < -0.39 is 0 Å². The molecule has 1 heterocycles. The Bertz CT molecular complexity index is 528. The highest BCUT2D eigenvalue weighted by Gasteiger charge is 2.29. The Morgan fingerprint density at radius 3 is 2.70 bits per heavy atom. The minimum absolute atomic E-state index is 0.0136. The summed E-state index contributed by atoms with van der Waals surface area (Å²) >= 11 is 0. The third-order valence-electron chi connectivity index (χ3n) is 3.85. The molecule has 20 heavy (non-hydrogen) atoms. The van der Waals surface area contributed by atoms with E-state index in [0.29, 0.717) is 11.3 Å². The fraction of sp³-hybridized carbons (Fsp3) is 0.467. The summed E-state index contributed by atoms with van der Waals surface area (Å²) in [6.07, 6.45) is 0.848. The first-order chi connectivity index (χ1) is 9.52. The van der Waals surface area contributed by atoms with Crippen LogP contribution in [-0.2, 0) is 4.79 Å². The molecule has 0 aromatic heterocycles. The van der Waals surface area contributed by atoms with Crippen LogP contribution in [0.15, 0.2) is 18.2 Å². The van der Waals surface area contributed by atoms with Crippen molar-refractivity contribution in [1.29, 1.82) is 0 Å². The van der Waals surface area contributed by atoms with Gasteiger partial charge in [-0.15, -0.1) is 0 Å². The molecule has 1 aromatic rings. The molecule has 5 nitrogen and oxygen atoms in total. The van der Waals surface area contributed by atoms with Gasteiger partial charge in [0.05, 0.1) is 5.92 Å². The lowest BCUT2D eigenvalue weighted by Gasteiger charge is -2.16. The summed E-state index contributed by atoms with van der Waals surface area (Å²) in [6, 6.07) is 5.51. The minimum Gasteiger partial charge on any atom is -0.355 e. The number of anilines is 1. The van der Waals surface area contributed by atoms with Gasteiger partial charge in [-0.1, -0.05) is 6.07 Å². The number of hydrogen-bond acceptors (Lipinski definition) is 3. The average Bonchev–Trinajstić information content (AvgIpc) is 2.86. The van der Waals surface area contributed by atoms with Gasteiger partial charge in [0, 0.05) is 24.3 Å². The first-order valence-corrected chi connectivity index (χ1v) is 6.90. The van der Waals surface area contributed by atoms with E-state index in [0.717, 1.165) is 18.5 Å². The fourth-order valence-electron chi connectivity index (χ4n) is 2.48. The Hall–Kier alpha value is -1.88. The molecule has 1 fully saturated rings. The molecular formula is C15H21N3O2. The second kappa shape index (κ2) is 6.05. The monoisotopic (exact) mass is 275 g/mol. The lowest BCUT2D eigenvalue weighted by Crippen LogP contribution is -2.32. The smallest absolute Gasteiger partial charge is 0.251 e. The summed E-state index contributed by atoms with van der Waals surface area (Å²) in [6.45, 7) is 4.81. The van der Waals surface area contributed by atoms with Crippen molar-refractivity contribution in [2.24, 2.45) is 5.92 Å². The largest absolute Gasteiger partial charge is 0.355 e. The van der Waals surface area contributed by atoms with Crippen LogP contribution >= 0.6 is 0 Å². The number of carbonyl (C=O) groups excluding carboxylic acids is 2. The predicted molar refractivity (Wildman–Crippen MR) is 78.8 cm³/mol. The molecule has 2 amide bonds. The van der Waals surface area contributed by atoms with Gasteiger partial charge in [-0.25, -0.2) is 0 Å². The van der Waals surface area contributed by atoms with Crippen LogP contribution in [0.4, 0.5) is 5.69 Å². The maximum Gasteiger partial charge on any atom is 0.251 e. The van der Waals surface area contributed by atoms with Crippen LogP contribution < -0.4 is 16.0 Å². The summed E-state index contributed by atoms with van der Waals surface area (Å²) in [4.78, 5) is 23.9. The van der Waals surface area contributed by atoms with E-state index in [-0.39, 0.29) is 23.8 Å². The summed E-state index contributed by atoms with van der Waals surface area (Å²) in [5.74, 6) is -0.158. The van der Waals surface area contributed by atoms with Gasteiger partial charge in [0.1, 0.15) is 0 Å². The molecule has 0 radical (unpaired) electrons. The zero-order valence-corrected chi connectivity index (χ0v) is 12.1. The SMILES string of the molecule is CNC(=O)c1ccc(C)c(NC(=O)C2CCNC2C)c1. The zero-order valence-electron chi connectivity index (χ0n) is 12.1. The number of rotatable bonds is 3.